The van der Waals surface area contributed by atoms with Gasteiger partial charge in [0, 0.05) is 19.6 Å². The van der Waals surface area contributed by atoms with Gasteiger partial charge in [0.1, 0.15) is 5.82 Å². The summed E-state index contributed by atoms with van der Waals surface area (Å²) in [7, 11) is -3.93. The number of amides is 1. The van der Waals surface area contributed by atoms with Crippen LogP contribution in [0, 0.1) is 30.2 Å². The third kappa shape index (κ3) is 5.76. The van der Waals surface area contributed by atoms with E-state index in [1.54, 1.807) is 6.92 Å². The highest BCUT2D eigenvalue weighted by Crippen LogP contribution is 2.32. The van der Waals surface area contributed by atoms with E-state index in [9.17, 15) is 17.6 Å². The molecule has 1 amide bonds. The average molecular weight is 552 g/mol. The van der Waals surface area contributed by atoms with Crippen molar-refractivity contribution in [3.63, 3.8) is 0 Å². The summed E-state index contributed by atoms with van der Waals surface area (Å²) in [5.74, 6) is -5.77. The predicted octanol–water partition coefficient (Wildman–Crippen LogP) is 4.91. The summed E-state index contributed by atoms with van der Waals surface area (Å²) in [6, 6.07) is 8.79. The Bertz CT molecular complexity index is 1490. The summed E-state index contributed by atoms with van der Waals surface area (Å²) >= 11 is 0. The topological polar surface area (TPSA) is 111 Å². The number of sulfonamides is 1. The molecule has 1 fully saturated rings. The lowest BCUT2D eigenvalue weighted by molar-refractivity contribution is 0.0984. The van der Waals surface area contributed by atoms with Gasteiger partial charge in [-0.05, 0) is 60.7 Å². The van der Waals surface area contributed by atoms with Crippen LogP contribution in [-0.2, 0) is 21.2 Å². The average Bonchev–Trinajstić information content (AvgIpc) is 2.87. The predicted molar refractivity (Wildman–Crippen MR) is 135 cm³/mol. The second kappa shape index (κ2) is 11.0. The van der Waals surface area contributed by atoms with Crippen molar-refractivity contribution in [1.29, 1.82) is 0 Å². The van der Waals surface area contributed by atoms with Crippen molar-refractivity contribution in [3.05, 3.63) is 88.0 Å². The fraction of sp³-hybridized carbons (Fsp3) is 0.269. The Morgan fingerprint density at radius 3 is 2.34 bits per heavy atom. The van der Waals surface area contributed by atoms with Gasteiger partial charge in [-0.3, -0.25) is 9.52 Å². The molecule has 4 rings (SSSR count). The van der Waals surface area contributed by atoms with Gasteiger partial charge in [-0.2, -0.15) is 0 Å². The zero-order valence-electron chi connectivity index (χ0n) is 20.3. The molecular formula is C26H25F4N3O4S. The van der Waals surface area contributed by atoms with Crippen molar-refractivity contribution >= 4 is 33.0 Å². The Hall–Kier alpha value is -3.64. The molecule has 1 saturated heterocycles. The Balaban J connectivity index is 1.66. The number of halogens is 4. The maximum Gasteiger partial charge on any atom is 0.250 e. The normalized spacial score (nSPS) is 14.3. The first-order chi connectivity index (χ1) is 18.0. The highest BCUT2D eigenvalue weighted by molar-refractivity contribution is 7.93. The molecule has 4 N–H and O–H groups in total. The van der Waals surface area contributed by atoms with Crippen LogP contribution in [0.3, 0.4) is 0 Å². The van der Waals surface area contributed by atoms with Crippen LogP contribution in [0.2, 0.25) is 0 Å². The molecule has 1 heterocycles. The summed E-state index contributed by atoms with van der Waals surface area (Å²) in [4.78, 5) is 12.1. The molecule has 0 atom stereocenters. The van der Waals surface area contributed by atoms with Gasteiger partial charge in [0.25, 0.3) is 5.91 Å². The van der Waals surface area contributed by atoms with E-state index in [0.29, 0.717) is 5.56 Å². The number of benzene rings is 3. The molecular weight excluding hydrogens is 526 g/mol. The third-order valence-corrected chi connectivity index (χ3v) is 8.10. The van der Waals surface area contributed by atoms with Crippen molar-refractivity contribution in [2.75, 3.05) is 23.3 Å². The van der Waals surface area contributed by atoms with E-state index in [-0.39, 0.29) is 43.0 Å². The van der Waals surface area contributed by atoms with Gasteiger partial charge in [-0.1, -0.05) is 18.2 Å². The molecule has 0 bridgehead atoms. The van der Waals surface area contributed by atoms with Gasteiger partial charge < -0.3 is 15.8 Å². The molecule has 1 aliphatic heterocycles. The largest absolute Gasteiger partial charge is 0.381 e. The van der Waals surface area contributed by atoms with Gasteiger partial charge in [0.15, 0.2) is 17.5 Å². The molecule has 0 aliphatic carbocycles. The van der Waals surface area contributed by atoms with E-state index in [1.807, 2.05) is 0 Å². The minimum absolute atomic E-state index is 0.156. The number of primary amides is 1. The van der Waals surface area contributed by atoms with Crippen LogP contribution in [0.15, 0.2) is 42.5 Å². The molecule has 3 aromatic rings. The van der Waals surface area contributed by atoms with E-state index in [2.05, 4.69) is 10.0 Å². The van der Waals surface area contributed by atoms with Crippen molar-refractivity contribution in [2.24, 2.45) is 5.73 Å². The lowest BCUT2D eigenvalue weighted by atomic mass is 9.99. The molecule has 38 heavy (non-hydrogen) atoms. The van der Waals surface area contributed by atoms with Crippen LogP contribution >= 0.6 is 0 Å². The Morgan fingerprint density at radius 2 is 1.68 bits per heavy atom. The molecule has 202 valence electrons. The Morgan fingerprint density at radius 1 is 0.974 bits per heavy atom. The van der Waals surface area contributed by atoms with Crippen molar-refractivity contribution < 1.29 is 35.5 Å². The van der Waals surface area contributed by atoms with E-state index in [0.717, 1.165) is 6.07 Å². The van der Waals surface area contributed by atoms with E-state index in [4.69, 9.17) is 10.5 Å². The fourth-order valence-electron chi connectivity index (χ4n) is 4.20. The van der Waals surface area contributed by atoms with Crippen molar-refractivity contribution in [1.82, 2.24) is 0 Å². The quantitative estimate of drug-likeness (QED) is 0.345. The summed E-state index contributed by atoms with van der Waals surface area (Å²) in [5.41, 5.74) is 3.71. The van der Waals surface area contributed by atoms with Crippen LogP contribution in [-0.4, -0.2) is 32.8 Å². The number of nitrogens with two attached hydrogens (primary N) is 1. The second-order valence-corrected chi connectivity index (χ2v) is 10.9. The number of ether oxygens (including phenoxy) is 1. The first-order valence-corrected chi connectivity index (χ1v) is 13.2. The van der Waals surface area contributed by atoms with Crippen molar-refractivity contribution in [3.8, 4) is 0 Å². The van der Waals surface area contributed by atoms with Crippen LogP contribution in [0.25, 0.3) is 0 Å². The number of hydrogen-bond acceptors (Lipinski definition) is 5. The van der Waals surface area contributed by atoms with E-state index in [1.165, 1.54) is 36.4 Å². The van der Waals surface area contributed by atoms with Crippen molar-refractivity contribution in [2.45, 2.75) is 31.4 Å². The molecule has 0 aromatic heterocycles. The molecule has 7 nitrogen and oxygen atoms in total. The Labute approximate surface area is 217 Å². The van der Waals surface area contributed by atoms with Crippen LogP contribution in [0.1, 0.15) is 39.9 Å². The minimum atomic E-state index is -3.93. The van der Waals surface area contributed by atoms with Gasteiger partial charge in [-0.25, -0.2) is 26.0 Å². The smallest absolute Gasteiger partial charge is 0.250 e. The molecule has 12 heteroatoms. The maximum absolute atomic E-state index is 15.3. The highest BCUT2D eigenvalue weighted by Gasteiger charge is 2.29. The molecule has 0 spiro atoms. The lowest BCUT2D eigenvalue weighted by Crippen LogP contribution is -2.33. The molecule has 3 aromatic carbocycles. The molecule has 0 unspecified atom stereocenters. The number of anilines is 3. The molecule has 0 saturated carbocycles. The van der Waals surface area contributed by atoms with Crippen LogP contribution in [0.4, 0.5) is 34.6 Å². The zero-order chi connectivity index (χ0) is 27.6. The summed E-state index contributed by atoms with van der Waals surface area (Å²) in [6.45, 7) is 2.17. The summed E-state index contributed by atoms with van der Waals surface area (Å²) in [5, 5.41) is 1.61. The van der Waals surface area contributed by atoms with Crippen LogP contribution < -0.4 is 15.8 Å². The minimum Gasteiger partial charge on any atom is -0.381 e. The SMILES string of the molecule is Cc1ccc(Nc2c(C(N)=O)cc(Cc3cccc(NS(=O)(=O)C4CCOCC4)c3F)c(F)c2F)c(F)c1. The number of aryl methyl sites for hydroxylation is 1. The monoisotopic (exact) mass is 551 g/mol. The third-order valence-electron chi connectivity index (χ3n) is 6.25. The number of carbonyl (C=O) groups excluding carboxylic acids is 1. The van der Waals surface area contributed by atoms with E-state index >= 15 is 13.2 Å². The first-order valence-electron chi connectivity index (χ1n) is 11.7. The van der Waals surface area contributed by atoms with Gasteiger partial charge in [0.2, 0.25) is 10.0 Å². The second-order valence-electron chi connectivity index (χ2n) is 8.97. The standard InChI is InChI=1S/C26H25F4N3O4S/c1-14-5-6-20(19(27)11-14)32-25-18(26(31)34)13-16(23(29)24(25)30)12-15-3-2-4-21(22(15)28)33-38(35,36)17-7-9-37-10-8-17/h2-6,11,13,17,32-33H,7-10,12H2,1H3,(H2,31,34). The maximum atomic E-state index is 15.3. The van der Waals surface area contributed by atoms with Crippen LogP contribution in [0.5, 0.6) is 0 Å². The zero-order valence-corrected chi connectivity index (χ0v) is 21.1. The number of hydrogen-bond donors (Lipinski definition) is 3. The molecule has 1 aliphatic rings. The number of rotatable bonds is 8. The van der Waals surface area contributed by atoms with Gasteiger partial charge >= 0.3 is 0 Å². The molecule has 0 radical (unpaired) electrons. The summed E-state index contributed by atoms with van der Waals surface area (Å²) < 4.78 is 92.6. The first kappa shape index (κ1) is 27.4. The number of nitrogens with one attached hydrogen (secondary N) is 2. The van der Waals surface area contributed by atoms with E-state index < -0.39 is 67.7 Å². The fourth-order valence-corrected chi connectivity index (χ4v) is 5.65. The van der Waals surface area contributed by atoms with Gasteiger partial charge in [0.05, 0.1) is 27.9 Å². The van der Waals surface area contributed by atoms with Gasteiger partial charge in [-0.15, -0.1) is 0 Å². The Kier molecular flexibility index (Phi) is 7.93. The lowest BCUT2D eigenvalue weighted by Gasteiger charge is -2.23. The summed E-state index contributed by atoms with van der Waals surface area (Å²) in [6.07, 6.45) is -0.0192. The number of carbonyl (C=O) groups is 1. The highest BCUT2D eigenvalue weighted by atomic mass is 32.2.